The lowest BCUT2D eigenvalue weighted by molar-refractivity contribution is -0.123. The van der Waals surface area contributed by atoms with Gasteiger partial charge in [0.15, 0.2) is 0 Å². The highest BCUT2D eigenvalue weighted by Crippen LogP contribution is 2.13. The van der Waals surface area contributed by atoms with Gasteiger partial charge in [0.1, 0.15) is 0 Å². The Balaban J connectivity index is 1.87. The van der Waals surface area contributed by atoms with Crippen molar-refractivity contribution in [3.8, 4) is 0 Å². The number of aryl methyl sites for hydroxylation is 1. The maximum absolute atomic E-state index is 11.3. The minimum absolute atomic E-state index is 0.112. The van der Waals surface area contributed by atoms with E-state index in [0.29, 0.717) is 6.42 Å². The second-order valence-electron chi connectivity index (χ2n) is 4.40. The summed E-state index contributed by atoms with van der Waals surface area (Å²) >= 11 is 0. The highest BCUT2D eigenvalue weighted by molar-refractivity contribution is 5.77. The molecule has 1 amide bonds. The molecule has 0 spiro atoms. The van der Waals surface area contributed by atoms with Crippen LogP contribution in [0.25, 0.3) is 0 Å². The molecule has 0 aromatic heterocycles. The van der Waals surface area contributed by atoms with Crippen LogP contribution in [-0.2, 0) is 11.2 Å². The van der Waals surface area contributed by atoms with E-state index in [9.17, 15) is 4.79 Å². The SMILES string of the molecule is NC1CCC(=O)N[C@H]1CCc1ccccc1. The van der Waals surface area contributed by atoms with Crippen LogP contribution < -0.4 is 11.1 Å². The molecule has 3 N–H and O–H groups in total. The van der Waals surface area contributed by atoms with Crippen molar-refractivity contribution in [1.29, 1.82) is 0 Å². The number of carbonyl (C=O) groups excluding carboxylic acids is 1. The molecule has 1 heterocycles. The van der Waals surface area contributed by atoms with E-state index in [4.69, 9.17) is 5.73 Å². The molecule has 1 unspecified atom stereocenters. The Bertz CT molecular complexity index is 350. The Kier molecular flexibility index (Phi) is 3.57. The first-order valence-electron chi connectivity index (χ1n) is 5.84. The molecule has 86 valence electrons. The third-order valence-corrected chi connectivity index (χ3v) is 3.15. The molecule has 1 fully saturated rings. The van der Waals surface area contributed by atoms with Crippen LogP contribution in [0.15, 0.2) is 30.3 Å². The third-order valence-electron chi connectivity index (χ3n) is 3.15. The molecule has 0 saturated carbocycles. The summed E-state index contributed by atoms with van der Waals surface area (Å²) in [5, 5.41) is 2.97. The van der Waals surface area contributed by atoms with E-state index in [-0.39, 0.29) is 18.0 Å². The highest BCUT2D eigenvalue weighted by atomic mass is 16.1. The van der Waals surface area contributed by atoms with E-state index in [1.54, 1.807) is 0 Å². The van der Waals surface area contributed by atoms with Crippen LogP contribution >= 0.6 is 0 Å². The van der Waals surface area contributed by atoms with Crippen molar-refractivity contribution in [3.63, 3.8) is 0 Å². The predicted molar refractivity (Wildman–Crippen MR) is 63.9 cm³/mol. The predicted octanol–water partition coefficient (Wildman–Crippen LogP) is 1.23. The summed E-state index contributed by atoms with van der Waals surface area (Å²) in [4.78, 5) is 11.3. The highest BCUT2D eigenvalue weighted by Gasteiger charge is 2.24. The molecule has 0 radical (unpaired) electrons. The van der Waals surface area contributed by atoms with Gasteiger partial charge in [-0.25, -0.2) is 0 Å². The lowest BCUT2D eigenvalue weighted by Crippen LogP contribution is -2.52. The number of piperidine rings is 1. The fraction of sp³-hybridized carbons (Fsp3) is 0.462. The second kappa shape index (κ2) is 5.12. The van der Waals surface area contributed by atoms with E-state index in [2.05, 4.69) is 17.4 Å². The largest absolute Gasteiger partial charge is 0.352 e. The van der Waals surface area contributed by atoms with E-state index in [1.807, 2.05) is 18.2 Å². The lowest BCUT2D eigenvalue weighted by Gasteiger charge is -2.29. The zero-order chi connectivity index (χ0) is 11.4. The smallest absolute Gasteiger partial charge is 0.220 e. The number of carbonyl (C=O) groups is 1. The Morgan fingerprint density at radius 3 is 2.81 bits per heavy atom. The standard InChI is InChI=1S/C13H18N2O/c14-11-7-9-13(16)15-12(11)8-6-10-4-2-1-3-5-10/h1-5,11-12H,6-9,14H2,(H,15,16)/t11?,12-/m0/s1. The summed E-state index contributed by atoms with van der Waals surface area (Å²) < 4.78 is 0. The monoisotopic (exact) mass is 218 g/mol. The average molecular weight is 218 g/mol. The molecule has 1 aromatic carbocycles. The van der Waals surface area contributed by atoms with Crippen LogP contribution in [0.4, 0.5) is 0 Å². The molecule has 1 aliphatic rings. The number of hydrogen-bond donors (Lipinski definition) is 2. The molecule has 3 heteroatoms. The Hall–Kier alpha value is -1.35. The van der Waals surface area contributed by atoms with Crippen molar-refractivity contribution in [3.05, 3.63) is 35.9 Å². The normalized spacial score (nSPS) is 25.2. The van der Waals surface area contributed by atoms with Crippen LogP contribution in [0.2, 0.25) is 0 Å². The minimum atomic E-state index is 0.112. The van der Waals surface area contributed by atoms with E-state index in [0.717, 1.165) is 19.3 Å². The molecule has 1 aromatic rings. The van der Waals surface area contributed by atoms with Gasteiger partial charge in [-0.3, -0.25) is 4.79 Å². The molecule has 0 aliphatic carbocycles. The van der Waals surface area contributed by atoms with Gasteiger partial charge >= 0.3 is 0 Å². The van der Waals surface area contributed by atoms with Crippen molar-refractivity contribution in [2.24, 2.45) is 5.73 Å². The molecule has 16 heavy (non-hydrogen) atoms. The first-order valence-corrected chi connectivity index (χ1v) is 5.84. The summed E-state index contributed by atoms with van der Waals surface area (Å²) in [7, 11) is 0. The maximum atomic E-state index is 11.3. The average Bonchev–Trinajstić information content (AvgIpc) is 2.32. The van der Waals surface area contributed by atoms with Gasteiger partial charge in [-0.15, -0.1) is 0 Å². The molecule has 2 atom stereocenters. The third kappa shape index (κ3) is 2.83. The number of amides is 1. The minimum Gasteiger partial charge on any atom is -0.352 e. The molecular weight excluding hydrogens is 200 g/mol. The van der Waals surface area contributed by atoms with Crippen molar-refractivity contribution < 1.29 is 4.79 Å². The van der Waals surface area contributed by atoms with Crippen LogP contribution in [-0.4, -0.2) is 18.0 Å². The first-order chi connectivity index (χ1) is 7.75. The van der Waals surface area contributed by atoms with E-state index in [1.165, 1.54) is 5.56 Å². The van der Waals surface area contributed by atoms with Gasteiger partial charge in [-0.2, -0.15) is 0 Å². The van der Waals surface area contributed by atoms with Crippen LogP contribution in [0.3, 0.4) is 0 Å². The quantitative estimate of drug-likeness (QED) is 0.801. The fourth-order valence-corrected chi connectivity index (χ4v) is 2.14. The molecule has 2 rings (SSSR count). The van der Waals surface area contributed by atoms with Crippen molar-refractivity contribution in [1.82, 2.24) is 5.32 Å². The maximum Gasteiger partial charge on any atom is 0.220 e. The molecule has 0 bridgehead atoms. The molecule has 3 nitrogen and oxygen atoms in total. The first kappa shape index (κ1) is 11.1. The van der Waals surface area contributed by atoms with Crippen LogP contribution in [0.5, 0.6) is 0 Å². The molecular formula is C13H18N2O. The summed E-state index contributed by atoms with van der Waals surface area (Å²) in [6.45, 7) is 0. The summed E-state index contributed by atoms with van der Waals surface area (Å²) in [5.74, 6) is 0.139. The lowest BCUT2D eigenvalue weighted by atomic mass is 9.93. The summed E-state index contributed by atoms with van der Waals surface area (Å²) in [6, 6.07) is 10.6. The number of rotatable bonds is 3. The second-order valence-corrected chi connectivity index (χ2v) is 4.40. The fourth-order valence-electron chi connectivity index (χ4n) is 2.14. The van der Waals surface area contributed by atoms with Crippen molar-refractivity contribution in [2.75, 3.05) is 0 Å². The van der Waals surface area contributed by atoms with Gasteiger partial charge < -0.3 is 11.1 Å². The number of benzene rings is 1. The van der Waals surface area contributed by atoms with Gasteiger partial charge in [0.25, 0.3) is 0 Å². The summed E-state index contributed by atoms with van der Waals surface area (Å²) in [6.07, 6.45) is 3.28. The summed E-state index contributed by atoms with van der Waals surface area (Å²) in [5.41, 5.74) is 7.29. The van der Waals surface area contributed by atoms with Gasteiger partial charge in [0, 0.05) is 18.5 Å². The van der Waals surface area contributed by atoms with Crippen molar-refractivity contribution >= 4 is 5.91 Å². The van der Waals surface area contributed by atoms with Gasteiger partial charge in [-0.1, -0.05) is 30.3 Å². The van der Waals surface area contributed by atoms with Crippen LogP contribution in [0.1, 0.15) is 24.8 Å². The number of hydrogen-bond acceptors (Lipinski definition) is 2. The van der Waals surface area contributed by atoms with Gasteiger partial charge in [-0.05, 0) is 24.8 Å². The van der Waals surface area contributed by atoms with Crippen molar-refractivity contribution in [2.45, 2.75) is 37.8 Å². The number of nitrogens with two attached hydrogens (primary N) is 1. The van der Waals surface area contributed by atoms with E-state index >= 15 is 0 Å². The zero-order valence-corrected chi connectivity index (χ0v) is 9.36. The molecule has 1 saturated heterocycles. The van der Waals surface area contributed by atoms with E-state index < -0.39 is 0 Å². The topological polar surface area (TPSA) is 55.1 Å². The van der Waals surface area contributed by atoms with Crippen LogP contribution in [0, 0.1) is 0 Å². The van der Waals surface area contributed by atoms with Gasteiger partial charge in [0.05, 0.1) is 0 Å². The number of nitrogens with one attached hydrogen (secondary N) is 1. The Morgan fingerprint density at radius 2 is 2.06 bits per heavy atom. The Labute approximate surface area is 96.0 Å². The molecule has 1 aliphatic heterocycles. The van der Waals surface area contributed by atoms with Gasteiger partial charge in [0.2, 0.25) is 5.91 Å². The zero-order valence-electron chi connectivity index (χ0n) is 9.36. The Morgan fingerprint density at radius 1 is 1.31 bits per heavy atom.